The number of aryl methyl sites for hydroxylation is 1. The van der Waals surface area contributed by atoms with Gasteiger partial charge >= 0.3 is 12.2 Å². The molecule has 1 atom stereocenters. The molecule has 26 heavy (non-hydrogen) atoms. The molecule has 0 saturated heterocycles. The number of nitrogens with one attached hydrogen (secondary N) is 3. The van der Waals surface area contributed by atoms with Crippen molar-refractivity contribution < 1.29 is 27.9 Å². The van der Waals surface area contributed by atoms with E-state index >= 15 is 0 Å². The predicted molar refractivity (Wildman–Crippen MR) is 92.1 cm³/mol. The minimum atomic E-state index is -4.50. The van der Waals surface area contributed by atoms with Crippen LogP contribution < -0.4 is 16.0 Å². The number of carbonyl (C=O) groups excluding carboxylic acids is 2. The quantitative estimate of drug-likeness (QED) is 0.591. The third-order valence-corrected chi connectivity index (χ3v) is 3.51. The molecule has 6 nitrogen and oxygen atoms in total. The molecule has 0 heterocycles. The second-order valence-electron chi connectivity index (χ2n) is 6.44. The number of benzene rings is 1. The summed E-state index contributed by atoms with van der Waals surface area (Å²) in [6, 6.07) is 3.21. The fraction of sp³-hybridized carbons (Fsp3) is 0.529. The first kappa shape index (κ1) is 21.8. The molecule has 0 spiro atoms. The number of aliphatic hydroxyl groups excluding tert-OH is 1. The number of amides is 3. The molecule has 146 valence electrons. The van der Waals surface area contributed by atoms with E-state index in [-0.39, 0.29) is 18.1 Å². The number of rotatable bonds is 7. The molecule has 9 heteroatoms. The van der Waals surface area contributed by atoms with E-state index in [1.807, 2.05) is 13.8 Å². The van der Waals surface area contributed by atoms with Crippen LogP contribution in [0.4, 0.5) is 23.7 Å². The van der Waals surface area contributed by atoms with Gasteiger partial charge in [0, 0.05) is 11.3 Å². The molecule has 1 unspecified atom stereocenters. The summed E-state index contributed by atoms with van der Waals surface area (Å²) < 4.78 is 36.6. The number of aliphatic hydroxyl groups is 1. The van der Waals surface area contributed by atoms with Gasteiger partial charge in [0.05, 0.1) is 12.6 Å². The summed E-state index contributed by atoms with van der Waals surface area (Å²) in [5.41, 5.74) is 0.927. The second kappa shape index (κ2) is 9.42. The molecule has 0 radical (unpaired) electrons. The fourth-order valence-corrected chi connectivity index (χ4v) is 2.27. The number of carbonyl (C=O) groups is 2. The molecule has 1 aromatic rings. The van der Waals surface area contributed by atoms with Crippen LogP contribution in [0, 0.1) is 12.8 Å². The predicted octanol–water partition coefficient (Wildman–Crippen LogP) is 2.82. The van der Waals surface area contributed by atoms with Crippen LogP contribution in [-0.2, 0) is 0 Å². The smallest absolute Gasteiger partial charge is 0.394 e. The maximum Gasteiger partial charge on any atom is 0.405 e. The summed E-state index contributed by atoms with van der Waals surface area (Å²) in [4.78, 5) is 23.9. The first-order chi connectivity index (χ1) is 12.0. The summed E-state index contributed by atoms with van der Waals surface area (Å²) in [6.07, 6.45) is -3.92. The number of urea groups is 1. The van der Waals surface area contributed by atoms with Crippen molar-refractivity contribution in [2.75, 3.05) is 18.5 Å². The van der Waals surface area contributed by atoms with Crippen molar-refractivity contribution in [3.8, 4) is 0 Å². The molecule has 0 saturated carbocycles. The zero-order valence-corrected chi connectivity index (χ0v) is 14.9. The molecule has 0 aliphatic heterocycles. The number of hydrogen-bond acceptors (Lipinski definition) is 3. The standard InChI is InChI=1S/C17H24F3N3O3/c1-10(2)6-13(8-24)22-16(26)23-14-7-12(5-4-11(14)3)15(25)21-9-17(18,19)20/h4-5,7,10,13,24H,6,8-9H2,1-3H3,(H,21,25)(H2,22,23,26). The average Bonchev–Trinajstić information content (AvgIpc) is 2.52. The SMILES string of the molecule is Cc1ccc(C(=O)NCC(F)(F)F)cc1NC(=O)NC(CO)CC(C)C. The lowest BCUT2D eigenvalue weighted by molar-refractivity contribution is -0.123. The number of halogens is 3. The molecule has 0 bridgehead atoms. The molecule has 3 amide bonds. The van der Waals surface area contributed by atoms with Crippen molar-refractivity contribution in [3.05, 3.63) is 29.3 Å². The van der Waals surface area contributed by atoms with Gasteiger partial charge < -0.3 is 21.1 Å². The summed E-state index contributed by atoms with van der Waals surface area (Å²) >= 11 is 0. The molecule has 0 fully saturated rings. The lowest BCUT2D eigenvalue weighted by atomic mass is 10.0. The van der Waals surface area contributed by atoms with Crippen LogP contribution in [0.3, 0.4) is 0 Å². The van der Waals surface area contributed by atoms with Crippen molar-refractivity contribution in [2.24, 2.45) is 5.92 Å². The minimum Gasteiger partial charge on any atom is -0.394 e. The maximum absolute atomic E-state index is 12.2. The molecule has 1 rings (SSSR count). The summed E-state index contributed by atoms with van der Waals surface area (Å²) in [5, 5.41) is 16.2. The first-order valence-electron chi connectivity index (χ1n) is 8.15. The largest absolute Gasteiger partial charge is 0.405 e. The Balaban J connectivity index is 2.77. The van der Waals surface area contributed by atoms with E-state index in [0.717, 1.165) is 0 Å². The number of hydrogen-bond donors (Lipinski definition) is 4. The molecule has 0 aliphatic carbocycles. The van der Waals surface area contributed by atoms with E-state index in [1.54, 1.807) is 12.2 Å². The summed E-state index contributed by atoms with van der Waals surface area (Å²) in [5.74, 6) is -0.617. The zero-order chi connectivity index (χ0) is 19.9. The maximum atomic E-state index is 12.2. The molecular formula is C17H24F3N3O3. The van der Waals surface area contributed by atoms with Crippen molar-refractivity contribution >= 4 is 17.6 Å². The highest BCUT2D eigenvalue weighted by Gasteiger charge is 2.28. The van der Waals surface area contributed by atoms with Gasteiger partial charge in [0.2, 0.25) is 0 Å². The average molecular weight is 375 g/mol. The Morgan fingerprint density at radius 2 is 1.88 bits per heavy atom. The van der Waals surface area contributed by atoms with Gasteiger partial charge in [-0.05, 0) is 37.0 Å². The van der Waals surface area contributed by atoms with Crippen LogP contribution in [0.1, 0.15) is 36.2 Å². The number of anilines is 1. The van der Waals surface area contributed by atoms with Crippen LogP contribution in [0.15, 0.2) is 18.2 Å². The molecule has 0 aliphatic rings. The Hall–Kier alpha value is -2.29. The van der Waals surface area contributed by atoms with Gasteiger partial charge in [-0.1, -0.05) is 19.9 Å². The van der Waals surface area contributed by atoms with Crippen LogP contribution in [0.25, 0.3) is 0 Å². The van der Waals surface area contributed by atoms with Gasteiger partial charge in [-0.25, -0.2) is 4.79 Å². The Morgan fingerprint density at radius 1 is 1.23 bits per heavy atom. The lowest BCUT2D eigenvalue weighted by Crippen LogP contribution is -2.41. The van der Waals surface area contributed by atoms with E-state index < -0.39 is 30.7 Å². The van der Waals surface area contributed by atoms with Crippen molar-refractivity contribution in [3.63, 3.8) is 0 Å². The normalized spacial score (nSPS) is 12.6. The molecule has 0 aromatic heterocycles. The van der Waals surface area contributed by atoms with Crippen LogP contribution in [-0.4, -0.2) is 42.4 Å². The zero-order valence-electron chi connectivity index (χ0n) is 14.9. The summed E-state index contributed by atoms with van der Waals surface area (Å²) in [6.45, 7) is 3.94. The highest BCUT2D eigenvalue weighted by molar-refractivity contribution is 5.97. The second-order valence-corrected chi connectivity index (χ2v) is 6.44. The van der Waals surface area contributed by atoms with Crippen molar-refractivity contribution in [1.82, 2.24) is 10.6 Å². The third-order valence-electron chi connectivity index (χ3n) is 3.51. The fourth-order valence-electron chi connectivity index (χ4n) is 2.27. The Labute approximate surface area is 150 Å². The monoisotopic (exact) mass is 375 g/mol. The van der Waals surface area contributed by atoms with Gasteiger partial charge in [-0.2, -0.15) is 13.2 Å². The minimum absolute atomic E-state index is 0.00367. The van der Waals surface area contributed by atoms with Crippen LogP contribution >= 0.6 is 0 Å². The van der Waals surface area contributed by atoms with E-state index in [1.165, 1.54) is 18.2 Å². The highest BCUT2D eigenvalue weighted by Crippen LogP contribution is 2.18. The lowest BCUT2D eigenvalue weighted by Gasteiger charge is -2.19. The van der Waals surface area contributed by atoms with Gasteiger partial charge in [0.15, 0.2) is 0 Å². The Kier molecular flexibility index (Phi) is 7.88. The van der Waals surface area contributed by atoms with Crippen LogP contribution in [0.5, 0.6) is 0 Å². The van der Waals surface area contributed by atoms with Gasteiger partial charge in [0.1, 0.15) is 6.54 Å². The first-order valence-corrected chi connectivity index (χ1v) is 8.15. The van der Waals surface area contributed by atoms with E-state index in [2.05, 4.69) is 10.6 Å². The Morgan fingerprint density at radius 3 is 2.42 bits per heavy atom. The highest BCUT2D eigenvalue weighted by atomic mass is 19.4. The summed E-state index contributed by atoms with van der Waals surface area (Å²) in [7, 11) is 0. The van der Waals surface area contributed by atoms with Crippen molar-refractivity contribution in [2.45, 2.75) is 39.4 Å². The van der Waals surface area contributed by atoms with Crippen LogP contribution in [0.2, 0.25) is 0 Å². The Bertz CT molecular complexity index is 633. The van der Waals surface area contributed by atoms with E-state index in [9.17, 15) is 27.9 Å². The van der Waals surface area contributed by atoms with Gasteiger partial charge in [0.25, 0.3) is 5.91 Å². The third kappa shape index (κ3) is 7.73. The molecule has 1 aromatic carbocycles. The van der Waals surface area contributed by atoms with Gasteiger partial charge in [-0.15, -0.1) is 0 Å². The van der Waals surface area contributed by atoms with Crippen molar-refractivity contribution in [1.29, 1.82) is 0 Å². The topological polar surface area (TPSA) is 90.5 Å². The molecular weight excluding hydrogens is 351 g/mol. The van der Waals surface area contributed by atoms with E-state index in [4.69, 9.17) is 0 Å². The van der Waals surface area contributed by atoms with E-state index in [0.29, 0.717) is 17.7 Å². The number of alkyl halides is 3. The van der Waals surface area contributed by atoms with Gasteiger partial charge in [-0.3, -0.25) is 4.79 Å². The molecule has 4 N–H and O–H groups in total.